The van der Waals surface area contributed by atoms with Crippen molar-refractivity contribution in [3.05, 3.63) is 29.8 Å². The van der Waals surface area contributed by atoms with Crippen molar-refractivity contribution in [1.82, 2.24) is 0 Å². The SMILES string of the molecule is CC(CN1CCCCc2ccccc21)C(=O)O. The summed E-state index contributed by atoms with van der Waals surface area (Å²) in [5, 5.41) is 9.00. The number of fused-ring (bicyclic) bond motifs is 1. The molecule has 2 rings (SSSR count). The zero-order valence-corrected chi connectivity index (χ0v) is 10.2. The topological polar surface area (TPSA) is 40.5 Å². The largest absolute Gasteiger partial charge is 0.481 e. The molecule has 0 saturated carbocycles. The van der Waals surface area contributed by atoms with Crippen LogP contribution in [0.5, 0.6) is 0 Å². The van der Waals surface area contributed by atoms with Gasteiger partial charge in [0.15, 0.2) is 0 Å². The predicted molar refractivity (Wildman–Crippen MR) is 68.4 cm³/mol. The van der Waals surface area contributed by atoms with Crippen LogP contribution >= 0.6 is 0 Å². The van der Waals surface area contributed by atoms with Crippen LogP contribution in [0.25, 0.3) is 0 Å². The highest BCUT2D eigenvalue weighted by molar-refractivity contribution is 5.70. The van der Waals surface area contributed by atoms with Gasteiger partial charge in [0.05, 0.1) is 5.92 Å². The minimum Gasteiger partial charge on any atom is -0.481 e. The Balaban J connectivity index is 2.20. The quantitative estimate of drug-likeness (QED) is 0.872. The fraction of sp³-hybridized carbons (Fsp3) is 0.500. The zero-order chi connectivity index (χ0) is 12.3. The van der Waals surface area contributed by atoms with E-state index in [4.69, 9.17) is 5.11 Å². The molecule has 3 heteroatoms. The Morgan fingerprint density at radius 3 is 2.94 bits per heavy atom. The second-order valence-corrected chi connectivity index (χ2v) is 4.77. The summed E-state index contributed by atoms with van der Waals surface area (Å²) in [7, 11) is 0. The summed E-state index contributed by atoms with van der Waals surface area (Å²) in [6, 6.07) is 8.35. The molecule has 1 N–H and O–H groups in total. The van der Waals surface area contributed by atoms with Gasteiger partial charge < -0.3 is 10.0 Å². The van der Waals surface area contributed by atoms with Crippen molar-refractivity contribution < 1.29 is 9.90 Å². The highest BCUT2D eigenvalue weighted by Gasteiger charge is 2.19. The van der Waals surface area contributed by atoms with E-state index in [0.29, 0.717) is 6.54 Å². The van der Waals surface area contributed by atoms with Gasteiger partial charge in [-0.15, -0.1) is 0 Å². The maximum atomic E-state index is 10.9. The van der Waals surface area contributed by atoms with E-state index in [1.54, 1.807) is 6.92 Å². The first-order valence-corrected chi connectivity index (χ1v) is 6.24. The summed E-state index contributed by atoms with van der Waals surface area (Å²) in [6.45, 7) is 3.34. The van der Waals surface area contributed by atoms with E-state index in [1.165, 1.54) is 17.7 Å². The third kappa shape index (κ3) is 2.78. The summed E-state index contributed by atoms with van der Waals surface area (Å²) in [5.41, 5.74) is 2.57. The number of rotatable bonds is 3. The number of hydrogen-bond donors (Lipinski definition) is 1. The van der Waals surface area contributed by atoms with Crippen LogP contribution in [0, 0.1) is 5.92 Å². The highest BCUT2D eigenvalue weighted by Crippen LogP contribution is 2.26. The van der Waals surface area contributed by atoms with Crippen LogP contribution in [0.1, 0.15) is 25.3 Å². The van der Waals surface area contributed by atoms with Crippen LogP contribution in [0.4, 0.5) is 5.69 Å². The first kappa shape index (κ1) is 12.0. The van der Waals surface area contributed by atoms with Gasteiger partial charge in [-0.2, -0.15) is 0 Å². The number of nitrogens with zero attached hydrogens (tertiary/aromatic N) is 1. The minimum absolute atomic E-state index is 0.318. The standard InChI is InChI=1S/C14H19NO2/c1-11(14(16)17)10-15-9-5-4-7-12-6-2-3-8-13(12)15/h2-3,6,8,11H,4-5,7,9-10H2,1H3,(H,16,17). The Kier molecular flexibility index (Phi) is 3.67. The zero-order valence-electron chi connectivity index (χ0n) is 10.2. The summed E-state index contributed by atoms with van der Waals surface area (Å²) in [6.07, 6.45) is 3.43. The molecule has 1 aromatic rings. The molecule has 1 unspecified atom stereocenters. The van der Waals surface area contributed by atoms with Crippen molar-refractivity contribution in [2.75, 3.05) is 18.0 Å². The highest BCUT2D eigenvalue weighted by atomic mass is 16.4. The van der Waals surface area contributed by atoms with Gasteiger partial charge >= 0.3 is 5.97 Å². The van der Waals surface area contributed by atoms with Crippen molar-refractivity contribution in [3.63, 3.8) is 0 Å². The molecule has 3 nitrogen and oxygen atoms in total. The number of benzene rings is 1. The normalized spacial score (nSPS) is 17.1. The molecular weight excluding hydrogens is 214 g/mol. The number of carboxylic acids is 1. The molecule has 1 atom stereocenters. The van der Waals surface area contributed by atoms with Crippen LogP contribution in [0.2, 0.25) is 0 Å². The lowest BCUT2D eigenvalue weighted by Crippen LogP contribution is -2.32. The van der Waals surface area contributed by atoms with Gasteiger partial charge in [0, 0.05) is 18.8 Å². The number of anilines is 1. The lowest BCUT2D eigenvalue weighted by molar-refractivity contribution is -0.140. The average Bonchev–Trinajstić information content (AvgIpc) is 2.52. The van der Waals surface area contributed by atoms with Gasteiger partial charge in [0.1, 0.15) is 0 Å². The maximum absolute atomic E-state index is 10.9. The third-order valence-electron chi connectivity index (χ3n) is 3.37. The van der Waals surface area contributed by atoms with Gasteiger partial charge in [0.25, 0.3) is 0 Å². The number of carbonyl (C=O) groups is 1. The number of para-hydroxylation sites is 1. The Morgan fingerprint density at radius 2 is 2.18 bits per heavy atom. The van der Waals surface area contributed by atoms with E-state index in [-0.39, 0.29) is 5.92 Å². The van der Waals surface area contributed by atoms with Crippen molar-refractivity contribution >= 4 is 11.7 Å². The molecule has 0 aliphatic carbocycles. The van der Waals surface area contributed by atoms with E-state index in [0.717, 1.165) is 19.4 Å². The molecule has 1 heterocycles. The summed E-state index contributed by atoms with van der Waals surface area (Å²) in [4.78, 5) is 13.2. The fourth-order valence-electron chi connectivity index (χ4n) is 2.37. The van der Waals surface area contributed by atoms with Crippen molar-refractivity contribution in [2.45, 2.75) is 26.2 Å². The van der Waals surface area contributed by atoms with Gasteiger partial charge in [-0.25, -0.2) is 0 Å². The van der Waals surface area contributed by atoms with E-state index in [1.807, 2.05) is 6.07 Å². The molecule has 1 aliphatic rings. The van der Waals surface area contributed by atoms with Gasteiger partial charge in [-0.05, 0) is 30.9 Å². The summed E-state index contributed by atoms with van der Waals surface area (Å²) in [5.74, 6) is -1.03. The molecule has 0 bridgehead atoms. The molecule has 0 saturated heterocycles. The number of hydrogen-bond acceptors (Lipinski definition) is 2. The van der Waals surface area contributed by atoms with Crippen LogP contribution in [0.3, 0.4) is 0 Å². The monoisotopic (exact) mass is 233 g/mol. The van der Waals surface area contributed by atoms with Crippen LogP contribution < -0.4 is 4.90 Å². The third-order valence-corrected chi connectivity index (χ3v) is 3.37. The first-order valence-electron chi connectivity index (χ1n) is 6.24. The van der Waals surface area contributed by atoms with Gasteiger partial charge in [0.2, 0.25) is 0 Å². The fourth-order valence-corrected chi connectivity index (χ4v) is 2.37. The summed E-state index contributed by atoms with van der Waals surface area (Å²) < 4.78 is 0. The number of aliphatic carboxylic acids is 1. The van der Waals surface area contributed by atoms with Crippen molar-refractivity contribution in [2.24, 2.45) is 5.92 Å². The second-order valence-electron chi connectivity index (χ2n) is 4.77. The van der Waals surface area contributed by atoms with Crippen molar-refractivity contribution in [3.8, 4) is 0 Å². The Labute approximate surface area is 102 Å². The molecule has 1 aliphatic heterocycles. The Hall–Kier alpha value is -1.51. The number of carboxylic acid groups (broad SMARTS) is 1. The van der Waals surface area contributed by atoms with Crippen molar-refractivity contribution in [1.29, 1.82) is 0 Å². The Bertz CT molecular complexity index is 403. The lowest BCUT2D eigenvalue weighted by atomic mass is 10.1. The molecule has 0 aromatic heterocycles. The van der Waals surface area contributed by atoms with E-state index in [9.17, 15) is 4.79 Å². The van der Waals surface area contributed by atoms with E-state index < -0.39 is 5.97 Å². The Morgan fingerprint density at radius 1 is 1.41 bits per heavy atom. The van der Waals surface area contributed by atoms with E-state index >= 15 is 0 Å². The smallest absolute Gasteiger partial charge is 0.308 e. The predicted octanol–water partition coefficient (Wildman–Crippen LogP) is 2.55. The van der Waals surface area contributed by atoms with Gasteiger partial charge in [-0.3, -0.25) is 4.79 Å². The van der Waals surface area contributed by atoms with Crippen LogP contribution in [0.15, 0.2) is 24.3 Å². The molecule has 0 amide bonds. The second kappa shape index (κ2) is 5.21. The molecule has 0 radical (unpaired) electrons. The molecule has 0 spiro atoms. The molecular formula is C14H19NO2. The first-order chi connectivity index (χ1) is 8.18. The van der Waals surface area contributed by atoms with Crippen LogP contribution in [-0.2, 0) is 11.2 Å². The van der Waals surface area contributed by atoms with Gasteiger partial charge in [-0.1, -0.05) is 25.1 Å². The molecule has 17 heavy (non-hydrogen) atoms. The maximum Gasteiger partial charge on any atom is 0.308 e. The van der Waals surface area contributed by atoms with E-state index in [2.05, 4.69) is 23.1 Å². The average molecular weight is 233 g/mol. The molecule has 1 aromatic carbocycles. The summed E-state index contributed by atoms with van der Waals surface area (Å²) >= 11 is 0. The number of aryl methyl sites for hydroxylation is 1. The molecule has 92 valence electrons. The molecule has 0 fully saturated rings. The van der Waals surface area contributed by atoms with Crippen LogP contribution in [-0.4, -0.2) is 24.2 Å². The minimum atomic E-state index is -0.716. The lowest BCUT2D eigenvalue weighted by Gasteiger charge is -2.26.